The Balaban J connectivity index is 1.70. The minimum Gasteiger partial charge on any atom is -0.462 e. The molecule has 3 aromatic heterocycles. The normalized spacial score (nSPS) is 10.7. The van der Waals surface area contributed by atoms with Crippen LogP contribution in [0.3, 0.4) is 0 Å². The summed E-state index contributed by atoms with van der Waals surface area (Å²) in [5.74, 6) is -1.08. The molecule has 0 unspecified atom stereocenters. The highest BCUT2D eigenvalue weighted by atomic mass is 16.5. The average molecular weight is 427 g/mol. The number of benzene rings is 1. The van der Waals surface area contributed by atoms with E-state index in [1.807, 2.05) is 18.2 Å². The highest BCUT2D eigenvalue weighted by molar-refractivity contribution is 6.11. The first-order chi connectivity index (χ1) is 15.6. The number of fused-ring (bicyclic) bond motifs is 1. The van der Waals surface area contributed by atoms with Crippen LogP contribution in [0.2, 0.25) is 0 Å². The van der Waals surface area contributed by atoms with Gasteiger partial charge in [-0.15, -0.1) is 0 Å². The van der Waals surface area contributed by atoms with Crippen molar-refractivity contribution in [3.05, 3.63) is 107 Å². The van der Waals surface area contributed by atoms with E-state index in [9.17, 15) is 14.4 Å². The Bertz CT molecular complexity index is 1280. The maximum atomic E-state index is 13.1. The fourth-order valence-corrected chi connectivity index (χ4v) is 3.41. The number of nitrogens with zero attached hydrogens (tertiary/aromatic N) is 2. The van der Waals surface area contributed by atoms with Crippen molar-refractivity contribution in [2.45, 2.75) is 13.5 Å². The van der Waals surface area contributed by atoms with Crippen LogP contribution in [0.1, 0.15) is 49.3 Å². The summed E-state index contributed by atoms with van der Waals surface area (Å²) in [6, 6.07) is 17.2. The number of ketones is 1. The van der Waals surface area contributed by atoms with Gasteiger partial charge in [-0.1, -0.05) is 30.3 Å². The van der Waals surface area contributed by atoms with Crippen molar-refractivity contribution < 1.29 is 19.1 Å². The maximum absolute atomic E-state index is 13.1. The molecule has 4 aromatic rings. The molecule has 1 amide bonds. The number of nitrogens with one attached hydrogen (secondary N) is 1. The van der Waals surface area contributed by atoms with Crippen molar-refractivity contribution in [1.29, 1.82) is 0 Å². The zero-order chi connectivity index (χ0) is 22.5. The Morgan fingerprint density at radius 2 is 1.72 bits per heavy atom. The predicted molar refractivity (Wildman–Crippen MR) is 119 cm³/mol. The van der Waals surface area contributed by atoms with Crippen molar-refractivity contribution >= 4 is 23.2 Å². The third-order valence-corrected chi connectivity index (χ3v) is 5.00. The standard InChI is InChI=1S/C25H21N3O4/c1-2-32-25(31)20-15-22(23(29)18-6-4-3-5-7-18)28-13-10-19(14-21(20)28)24(30)27-16-17-8-11-26-12-9-17/h3-15H,2,16H2,1H3,(H,27,30). The second kappa shape index (κ2) is 9.26. The fourth-order valence-electron chi connectivity index (χ4n) is 3.41. The van der Waals surface area contributed by atoms with E-state index >= 15 is 0 Å². The first-order valence-electron chi connectivity index (χ1n) is 10.2. The predicted octanol–water partition coefficient (Wildman–Crippen LogP) is 3.67. The smallest absolute Gasteiger partial charge is 0.340 e. The minimum atomic E-state index is -0.550. The summed E-state index contributed by atoms with van der Waals surface area (Å²) in [4.78, 5) is 42.3. The van der Waals surface area contributed by atoms with Gasteiger partial charge in [0.15, 0.2) is 0 Å². The lowest BCUT2D eigenvalue weighted by molar-refractivity contribution is 0.0528. The van der Waals surface area contributed by atoms with E-state index in [-0.39, 0.29) is 23.9 Å². The molecule has 0 saturated carbocycles. The topological polar surface area (TPSA) is 89.8 Å². The molecule has 32 heavy (non-hydrogen) atoms. The molecule has 7 nitrogen and oxygen atoms in total. The summed E-state index contributed by atoms with van der Waals surface area (Å²) < 4.78 is 6.78. The molecule has 4 rings (SSSR count). The first-order valence-corrected chi connectivity index (χ1v) is 10.2. The van der Waals surface area contributed by atoms with Gasteiger partial charge in [0.1, 0.15) is 0 Å². The van der Waals surface area contributed by atoms with Crippen molar-refractivity contribution in [1.82, 2.24) is 14.7 Å². The molecular formula is C25H21N3O4. The van der Waals surface area contributed by atoms with Crippen LogP contribution in [0, 0.1) is 0 Å². The summed E-state index contributed by atoms with van der Waals surface area (Å²) in [7, 11) is 0. The molecule has 0 aliphatic heterocycles. The summed E-state index contributed by atoms with van der Waals surface area (Å²) in [5, 5.41) is 2.85. The van der Waals surface area contributed by atoms with Crippen LogP contribution in [0.4, 0.5) is 0 Å². The van der Waals surface area contributed by atoms with Crippen LogP contribution in [0.25, 0.3) is 5.52 Å². The molecule has 7 heteroatoms. The number of amides is 1. The summed E-state index contributed by atoms with van der Waals surface area (Å²) in [5.41, 5.74) is 2.77. The van der Waals surface area contributed by atoms with E-state index in [1.165, 1.54) is 6.07 Å². The largest absolute Gasteiger partial charge is 0.462 e. The van der Waals surface area contributed by atoms with Crippen molar-refractivity contribution in [3.63, 3.8) is 0 Å². The summed E-state index contributed by atoms with van der Waals surface area (Å²) in [6.07, 6.45) is 4.94. The van der Waals surface area contributed by atoms with Gasteiger partial charge >= 0.3 is 5.97 Å². The van der Waals surface area contributed by atoms with Gasteiger partial charge in [0, 0.05) is 36.3 Å². The number of aromatic nitrogens is 2. The Hall–Kier alpha value is -4.26. The molecule has 1 aromatic carbocycles. The highest BCUT2D eigenvalue weighted by Crippen LogP contribution is 2.22. The molecule has 3 heterocycles. The molecular weight excluding hydrogens is 406 g/mol. The molecule has 0 aliphatic carbocycles. The highest BCUT2D eigenvalue weighted by Gasteiger charge is 2.22. The third kappa shape index (κ3) is 4.27. The zero-order valence-electron chi connectivity index (χ0n) is 17.4. The summed E-state index contributed by atoms with van der Waals surface area (Å²) >= 11 is 0. The molecule has 0 radical (unpaired) electrons. The van der Waals surface area contributed by atoms with Gasteiger partial charge in [-0.25, -0.2) is 4.79 Å². The van der Waals surface area contributed by atoms with E-state index in [1.54, 1.807) is 66.3 Å². The number of hydrogen-bond donors (Lipinski definition) is 1. The van der Waals surface area contributed by atoms with Crippen LogP contribution in [-0.2, 0) is 11.3 Å². The zero-order valence-corrected chi connectivity index (χ0v) is 17.4. The lowest BCUT2D eigenvalue weighted by Gasteiger charge is -2.08. The second-order valence-electron chi connectivity index (χ2n) is 7.07. The number of pyridine rings is 2. The first kappa shape index (κ1) is 21.0. The SMILES string of the molecule is CCOC(=O)c1cc(C(=O)c2ccccc2)n2ccc(C(=O)NCc3ccncc3)cc12. The van der Waals surface area contributed by atoms with E-state index in [2.05, 4.69) is 10.3 Å². The fraction of sp³-hybridized carbons (Fsp3) is 0.120. The van der Waals surface area contributed by atoms with Gasteiger partial charge in [0.2, 0.25) is 5.78 Å². The van der Waals surface area contributed by atoms with E-state index in [0.29, 0.717) is 28.9 Å². The Morgan fingerprint density at radius 3 is 2.44 bits per heavy atom. The van der Waals surface area contributed by atoms with Gasteiger partial charge in [0.05, 0.1) is 23.4 Å². The molecule has 0 atom stereocenters. The Labute approximate surface area is 184 Å². The molecule has 0 aliphatic rings. The van der Waals surface area contributed by atoms with Gasteiger partial charge in [-0.2, -0.15) is 0 Å². The average Bonchev–Trinajstić information content (AvgIpc) is 3.22. The number of carbonyl (C=O) groups excluding carboxylic acids is 3. The molecule has 0 saturated heterocycles. The maximum Gasteiger partial charge on any atom is 0.340 e. The monoisotopic (exact) mass is 427 g/mol. The lowest BCUT2D eigenvalue weighted by atomic mass is 10.1. The molecule has 160 valence electrons. The molecule has 0 bridgehead atoms. The van der Waals surface area contributed by atoms with E-state index in [4.69, 9.17) is 4.74 Å². The third-order valence-electron chi connectivity index (χ3n) is 5.00. The summed E-state index contributed by atoms with van der Waals surface area (Å²) in [6.45, 7) is 2.25. The van der Waals surface area contributed by atoms with E-state index < -0.39 is 5.97 Å². The van der Waals surface area contributed by atoms with Crippen LogP contribution in [-0.4, -0.2) is 33.7 Å². The molecule has 1 N–H and O–H groups in total. The van der Waals surface area contributed by atoms with E-state index in [0.717, 1.165) is 5.56 Å². The molecule has 0 spiro atoms. The number of carbonyl (C=O) groups is 3. The van der Waals surface area contributed by atoms with Crippen molar-refractivity contribution in [2.75, 3.05) is 6.61 Å². The Morgan fingerprint density at radius 1 is 0.969 bits per heavy atom. The van der Waals surface area contributed by atoms with Gasteiger partial charge in [-0.3, -0.25) is 14.6 Å². The van der Waals surface area contributed by atoms with Gasteiger partial charge < -0.3 is 14.5 Å². The van der Waals surface area contributed by atoms with Crippen LogP contribution in [0.15, 0.2) is 79.3 Å². The second-order valence-corrected chi connectivity index (χ2v) is 7.07. The van der Waals surface area contributed by atoms with Crippen LogP contribution >= 0.6 is 0 Å². The number of ether oxygens (including phenoxy) is 1. The van der Waals surface area contributed by atoms with Crippen molar-refractivity contribution in [3.8, 4) is 0 Å². The quantitative estimate of drug-likeness (QED) is 0.359. The van der Waals surface area contributed by atoms with Crippen LogP contribution in [0.5, 0.6) is 0 Å². The van der Waals surface area contributed by atoms with Crippen LogP contribution < -0.4 is 5.32 Å². The van der Waals surface area contributed by atoms with Crippen molar-refractivity contribution in [2.24, 2.45) is 0 Å². The number of rotatable bonds is 7. The number of esters is 1. The van der Waals surface area contributed by atoms with Gasteiger partial charge in [0.25, 0.3) is 5.91 Å². The Kier molecular flexibility index (Phi) is 6.07. The number of hydrogen-bond acceptors (Lipinski definition) is 5. The van der Waals surface area contributed by atoms with Gasteiger partial charge in [-0.05, 0) is 42.8 Å². The lowest BCUT2D eigenvalue weighted by Crippen LogP contribution is -2.23. The molecule has 0 fully saturated rings. The minimum absolute atomic E-state index is 0.199.